The van der Waals surface area contributed by atoms with Crippen molar-refractivity contribution >= 4 is 22.8 Å². The number of piperidine rings is 3. The molecule has 1 amide bonds. The summed E-state index contributed by atoms with van der Waals surface area (Å²) in [5, 5.41) is 4.11. The number of carbonyl (C=O) groups is 1. The van der Waals surface area contributed by atoms with Crippen LogP contribution in [0.5, 0.6) is 0 Å². The molecule has 26 heavy (non-hydrogen) atoms. The van der Waals surface area contributed by atoms with Gasteiger partial charge < -0.3 is 24.3 Å². The summed E-state index contributed by atoms with van der Waals surface area (Å²) in [6, 6.07) is 3.99. The summed E-state index contributed by atoms with van der Waals surface area (Å²) in [7, 11) is 0. The van der Waals surface area contributed by atoms with E-state index in [0.717, 1.165) is 44.0 Å². The molecule has 138 valence electrons. The molecule has 6 rings (SSSR count). The third-order valence-corrected chi connectivity index (χ3v) is 5.92. The smallest absolute Gasteiger partial charge is 0.270 e. The molecule has 7 heteroatoms. The van der Waals surface area contributed by atoms with Gasteiger partial charge in [-0.15, -0.1) is 0 Å². The number of hydrogen-bond donors (Lipinski definition) is 1. The van der Waals surface area contributed by atoms with Crippen molar-refractivity contribution in [2.75, 3.05) is 50.8 Å². The van der Waals surface area contributed by atoms with Crippen LogP contribution < -0.4 is 10.2 Å². The number of amides is 1. The van der Waals surface area contributed by atoms with Crippen molar-refractivity contribution in [3.8, 4) is 0 Å². The standard InChI is InChI=1S/C19H24N4O3/c24-19(21-16-12-22-3-1-13(16)2-4-22)15-10-17-14(11-20-15)9-18(26-17)23-5-7-25-8-6-23/h9-11,13,16H,1-8,12H2,(H,21,24)/t16-/m0/s1. The van der Waals surface area contributed by atoms with Crippen molar-refractivity contribution < 1.29 is 13.9 Å². The molecule has 2 aromatic rings. The van der Waals surface area contributed by atoms with Crippen LogP contribution in [0.25, 0.3) is 11.0 Å². The van der Waals surface area contributed by atoms with Gasteiger partial charge in [0.05, 0.1) is 13.2 Å². The van der Waals surface area contributed by atoms with Gasteiger partial charge in [0.25, 0.3) is 5.91 Å². The van der Waals surface area contributed by atoms with Gasteiger partial charge >= 0.3 is 0 Å². The largest absolute Gasteiger partial charge is 0.440 e. The van der Waals surface area contributed by atoms with Gasteiger partial charge in [-0.05, 0) is 31.8 Å². The first-order valence-electron chi connectivity index (χ1n) is 9.52. The molecule has 0 spiro atoms. The molecule has 7 nitrogen and oxygen atoms in total. The van der Waals surface area contributed by atoms with Crippen molar-refractivity contribution in [3.63, 3.8) is 0 Å². The molecule has 1 atom stereocenters. The van der Waals surface area contributed by atoms with Gasteiger partial charge in [0.2, 0.25) is 0 Å². The Kier molecular flexibility index (Phi) is 4.05. The lowest BCUT2D eigenvalue weighted by atomic mass is 9.84. The van der Waals surface area contributed by atoms with Crippen molar-refractivity contribution in [3.05, 3.63) is 24.0 Å². The Morgan fingerprint density at radius 3 is 2.69 bits per heavy atom. The zero-order valence-electron chi connectivity index (χ0n) is 14.8. The second-order valence-electron chi connectivity index (χ2n) is 7.51. The van der Waals surface area contributed by atoms with Crippen molar-refractivity contribution in [2.45, 2.75) is 18.9 Å². The number of anilines is 1. The molecule has 0 saturated carbocycles. The van der Waals surface area contributed by atoms with E-state index in [1.54, 1.807) is 12.3 Å². The predicted octanol–water partition coefficient (Wildman–Crippen LogP) is 1.49. The van der Waals surface area contributed by atoms with Crippen LogP contribution in [0.3, 0.4) is 0 Å². The third kappa shape index (κ3) is 2.95. The first-order chi connectivity index (χ1) is 12.8. The van der Waals surface area contributed by atoms with E-state index in [0.29, 0.717) is 30.4 Å². The molecule has 2 aromatic heterocycles. The molecule has 4 aliphatic heterocycles. The number of rotatable bonds is 3. The van der Waals surface area contributed by atoms with Gasteiger partial charge in [0, 0.05) is 49.4 Å². The third-order valence-electron chi connectivity index (χ3n) is 5.92. The van der Waals surface area contributed by atoms with E-state index >= 15 is 0 Å². The number of nitrogens with zero attached hydrogens (tertiary/aromatic N) is 3. The molecule has 4 fully saturated rings. The predicted molar refractivity (Wildman–Crippen MR) is 97.5 cm³/mol. The normalized spacial score (nSPS) is 28.5. The molecular formula is C19H24N4O3. The minimum Gasteiger partial charge on any atom is -0.440 e. The van der Waals surface area contributed by atoms with E-state index in [4.69, 9.17) is 9.15 Å². The van der Waals surface area contributed by atoms with Gasteiger partial charge in [-0.1, -0.05) is 0 Å². The molecule has 4 saturated heterocycles. The van der Waals surface area contributed by atoms with Crippen LogP contribution in [0.2, 0.25) is 0 Å². The minimum atomic E-state index is -0.102. The fourth-order valence-electron chi connectivity index (χ4n) is 4.35. The molecule has 1 N–H and O–H groups in total. The fourth-order valence-corrected chi connectivity index (χ4v) is 4.35. The summed E-state index contributed by atoms with van der Waals surface area (Å²) in [6.45, 7) is 6.35. The summed E-state index contributed by atoms with van der Waals surface area (Å²) >= 11 is 0. The van der Waals surface area contributed by atoms with Crippen LogP contribution >= 0.6 is 0 Å². The minimum absolute atomic E-state index is 0.102. The number of morpholine rings is 1. The number of nitrogens with one attached hydrogen (secondary N) is 1. The zero-order chi connectivity index (χ0) is 17.5. The Morgan fingerprint density at radius 2 is 1.96 bits per heavy atom. The Bertz CT molecular complexity index is 806. The van der Waals surface area contributed by atoms with E-state index in [9.17, 15) is 4.79 Å². The SMILES string of the molecule is O=C(N[C@H]1CN2CCC1CC2)c1cc2oc(N3CCOCC3)cc2cn1. The lowest BCUT2D eigenvalue weighted by molar-refractivity contribution is 0.0618. The summed E-state index contributed by atoms with van der Waals surface area (Å²) < 4.78 is 11.4. The first-order valence-corrected chi connectivity index (χ1v) is 9.52. The van der Waals surface area contributed by atoms with Crippen molar-refractivity contribution in [2.24, 2.45) is 5.92 Å². The monoisotopic (exact) mass is 356 g/mol. The van der Waals surface area contributed by atoms with Crippen LogP contribution in [0.15, 0.2) is 22.7 Å². The van der Waals surface area contributed by atoms with Crippen LogP contribution in [0.1, 0.15) is 23.3 Å². The second kappa shape index (κ2) is 6.55. The van der Waals surface area contributed by atoms with Crippen LogP contribution in [-0.2, 0) is 4.74 Å². The Balaban J connectivity index is 1.33. The molecule has 0 aromatic carbocycles. The number of pyridine rings is 1. The van der Waals surface area contributed by atoms with Gasteiger partial charge in [0.1, 0.15) is 11.3 Å². The van der Waals surface area contributed by atoms with Crippen LogP contribution in [0.4, 0.5) is 5.88 Å². The highest BCUT2D eigenvalue weighted by molar-refractivity contribution is 5.95. The maximum atomic E-state index is 12.7. The lowest BCUT2D eigenvalue weighted by Crippen LogP contribution is -2.57. The highest BCUT2D eigenvalue weighted by atomic mass is 16.5. The summed E-state index contributed by atoms with van der Waals surface area (Å²) in [6.07, 6.45) is 4.09. The number of ether oxygens (including phenoxy) is 1. The molecular weight excluding hydrogens is 332 g/mol. The van der Waals surface area contributed by atoms with Crippen molar-refractivity contribution in [1.29, 1.82) is 0 Å². The molecule has 0 aliphatic carbocycles. The van der Waals surface area contributed by atoms with E-state index in [1.807, 2.05) is 6.07 Å². The number of fused-ring (bicyclic) bond motifs is 4. The molecule has 2 bridgehead atoms. The van der Waals surface area contributed by atoms with Crippen LogP contribution in [-0.4, -0.2) is 67.8 Å². The maximum absolute atomic E-state index is 12.7. The summed E-state index contributed by atoms with van der Waals surface area (Å²) in [4.78, 5) is 21.6. The van der Waals surface area contributed by atoms with Gasteiger partial charge in [0.15, 0.2) is 5.88 Å². The topological polar surface area (TPSA) is 70.8 Å². The lowest BCUT2D eigenvalue weighted by Gasteiger charge is -2.44. The van der Waals surface area contributed by atoms with Gasteiger partial charge in [-0.25, -0.2) is 0 Å². The van der Waals surface area contributed by atoms with Crippen molar-refractivity contribution in [1.82, 2.24) is 15.2 Å². The summed E-state index contributed by atoms with van der Waals surface area (Å²) in [5.74, 6) is 1.32. The zero-order valence-corrected chi connectivity index (χ0v) is 14.8. The molecule has 6 heterocycles. The van der Waals surface area contributed by atoms with E-state index < -0.39 is 0 Å². The fraction of sp³-hybridized carbons (Fsp3) is 0.579. The Labute approximate surface area is 152 Å². The summed E-state index contributed by atoms with van der Waals surface area (Å²) in [5.41, 5.74) is 1.14. The second-order valence-corrected chi connectivity index (χ2v) is 7.51. The average molecular weight is 356 g/mol. The Morgan fingerprint density at radius 1 is 1.15 bits per heavy atom. The number of furan rings is 1. The highest BCUT2D eigenvalue weighted by Crippen LogP contribution is 2.29. The van der Waals surface area contributed by atoms with E-state index in [2.05, 4.69) is 20.1 Å². The van der Waals surface area contributed by atoms with Gasteiger partial charge in [-0.3, -0.25) is 9.78 Å². The van der Waals surface area contributed by atoms with E-state index in [1.165, 1.54) is 12.8 Å². The first kappa shape index (κ1) is 16.1. The molecule has 0 unspecified atom stereocenters. The molecule has 4 aliphatic rings. The molecule has 0 radical (unpaired) electrons. The highest BCUT2D eigenvalue weighted by Gasteiger charge is 2.35. The quantitative estimate of drug-likeness (QED) is 0.898. The van der Waals surface area contributed by atoms with Crippen LogP contribution in [0, 0.1) is 5.92 Å². The number of carbonyl (C=O) groups excluding carboxylic acids is 1. The van der Waals surface area contributed by atoms with E-state index in [-0.39, 0.29) is 11.9 Å². The number of aromatic nitrogens is 1. The maximum Gasteiger partial charge on any atom is 0.270 e. The number of hydrogen-bond acceptors (Lipinski definition) is 6. The average Bonchev–Trinajstić information content (AvgIpc) is 3.13. The Hall–Kier alpha value is -2.12. The van der Waals surface area contributed by atoms with Gasteiger partial charge in [-0.2, -0.15) is 0 Å².